The number of thiazole rings is 1. The van der Waals surface area contributed by atoms with E-state index in [1.165, 1.54) is 18.3 Å². The van der Waals surface area contributed by atoms with Gasteiger partial charge in [0, 0.05) is 18.5 Å². The molecular formula is C17H15FN4O3S. The van der Waals surface area contributed by atoms with Crippen LogP contribution in [0, 0.1) is 12.7 Å². The van der Waals surface area contributed by atoms with E-state index >= 15 is 0 Å². The van der Waals surface area contributed by atoms with Crippen molar-refractivity contribution in [1.82, 2.24) is 20.5 Å². The number of carboxylic acid groups (broad SMARTS) is 1. The molecule has 134 valence electrons. The molecule has 0 saturated heterocycles. The first-order valence-electron chi connectivity index (χ1n) is 7.73. The number of carboxylic acids is 1. The maximum absolute atomic E-state index is 13.4. The number of aromatic amines is 1. The molecule has 7 nitrogen and oxygen atoms in total. The SMILES string of the molecule is Cc1nc(CCNC(=O)c2cn[nH]c2-c2cccc(F)c2)sc1C(=O)O. The Morgan fingerprint density at radius 2 is 2.19 bits per heavy atom. The van der Waals surface area contributed by atoms with Gasteiger partial charge in [-0.05, 0) is 19.1 Å². The first-order valence-corrected chi connectivity index (χ1v) is 8.54. The molecular weight excluding hydrogens is 359 g/mol. The number of nitrogens with one attached hydrogen (secondary N) is 2. The van der Waals surface area contributed by atoms with Crippen molar-refractivity contribution in [3.63, 3.8) is 0 Å². The Kier molecular flexibility index (Phi) is 5.08. The molecule has 1 aromatic carbocycles. The van der Waals surface area contributed by atoms with Crippen LogP contribution in [0.25, 0.3) is 11.3 Å². The lowest BCUT2D eigenvalue weighted by Crippen LogP contribution is -2.25. The summed E-state index contributed by atoms with van der Waals surface area (Å²) in [5.41, 5.74) is 1.72. The molecule has 0 aliphatic rings. The van der Waals surface area contributed by atoms with Gasteiger partial charge in [0.15, 0.2) is 0 Å². The van der Waals surface area contributed by atoms with E-state index in [1.54, 1.807) is 19.1 Å². The third kappa shape index (κ3) is 3.77. The van der Waals surface area contributed by atoms with Gasteiger partial charge in [-0.1, -0.05) is 12.1 Å². The minimum atomic E-state index is -1.01. The molecule has 0 saturated carbocycles. The third-order valence-electron chi connectivity index (χ3n) is 3.66. The second-order valence-electron chi connectivity index (χ2n) is 5.50. The summed E-state index contributed by atoms with van der Waals surface area (Å²) < 4.78 is 13.4. The van der Waals surface area contributed by atoms with Crippen molar-refractivity contribution in [1.29, 1.82) is 0 Å². The van der Waals surface area contributed by atoms with Crippen molar-refractivity contribution >= 4 is 23.2 Å². The van der Waals surface area contributed by atoms with Crippen LogP contribution in [0.4, 0.5) is 4.39 Å². The molecule has 0 aliphatic heterocycles. The summed E-state index contributed by atoms with van der Waals surface area (Å²) in [6, 6.07) is 5.87. The molecule has 3 aromatic rings. The van der Waals surface area contributed by atoms with E-state index in [0.29, 0.717) is 40.5 Å². The number of halogens is 1. The van der Waals surface area contributed by atoms with E-state index in [0.717, 1.165) is 11.3 Å². The fourth-order valence-corrected chi connectivity index (χ4v) is 3.36. The molecule has 2 aromatic heterocycles. The number of aromatic carboxylic acids is 1. The number of aryl methyl sites for hydroxylation is 1. The fraction of sp³-hybridized carbons (Fsp3) is 0.176. The predicted molar refractivity (Wildman–Crippen MR) is 93.8 cm³/mol. The minimum absolute atomic E-state index is 0.203. The van der Waals surface area contributed by atoms with Gasteiger partial charge in [-0.25, -0.2) is 14.2 Å². The van der Waals surface area contributed by atoms with Crippen LogP contribution in [0.1, 0.15) is 30.7 Å². The molecule has 0 spiro atoms. The Labute approximate surface area is 151 Å². The lowest BCUT2D eigenvalue weighted by Gasteiger charge is -2.05. The van der Waals surface area contributed by atoms with E-state index in [-0.39, 0.29) is 10.8 Å². The van der Waals surface area contributed by atoms with Gasteiger partial charge >= 0.3 is 5.97 Å². The zero-order valence-corrected chi connectivity index (χ0v) is 14.6. The van der Waals surface area contributed by atoms with Crippen LogP contribution >= 0.6 is 11.3 Å². The monoisotopic (exact) mass is 374 g/mol. The highest BCUT2D eigenvalue weighted by atomic mass is 32.1. The van der Waals surface area contributed by atoms with Gasteiger partial charge in [0.2, 0.25) is 0 Å². The van der Waals surface area contributed by atoms with Crippen LogP contribution in [0.15, 0.2) is 30.5 Å². The van der Waals surface area contributed by atoms with Crippen LogP contribution < -0.4 is 5.32 Å². The first kappa shape index (κ1) is 17.7. The van der Waals surface area contributed by atoms with Gasteiger partial charge < -0.3 is 10.4 Å². The zero-order chi connectivity index (χ0) is 18.7. The van der Waals surface area contributed by atoms with Gasteiger partial charge in [-0.15, -0.1) is 11.3 Å². The van der Waals surface area contributed by atoms with Gasteiger partial charge in [-0.3, -0.25) is 9.89 Å². The predicted octanol–water partition coefficient (Wildman–Crippen LogP) is 2.65. The molecule has 9 heteroatoms. The first-order chi connectivity index (χ1) is 12.5. The third-order valence-corrected chi connectivity index (χ3v) is 4.86. The Morgan fingerprint density at radius 1 is 1.38 bits per heavy atom. The summed E-state index contributed by atoms with van der Waals surface area (Å²) in [7, 11) is 0. The van der Waals surface area contributed by atoms with Crippen LogP contribution in [0.3, 0.4) is 0 Å². The largest absolute Gasteiger partial charge is 0.477 e. The normalized spacial score (nSPS) is 10.7. The molecule has 2 heterocycles. The molecule has 0 unspecified atom stereocenters. The number of H-pyrrole nitrogens is 1. The number of carbonyl (C=O) groups is 2. The topological polar surface area (TPSA) is 108 Å². The lowest BCUT2D eigenvalue weighted by molar-refractivity contribution is 0.0701. The van der Waals surface area contributed by atoms with Crippen molar-refractivity contribution in [3.8, 4) is 11.3 Å². The van der Waals surface area contributed by atoms with Crippen LogP contribution in [-0.2, 0) is 6.42 Å². The Morgan fingerprint density at radius 3 is 2.88 bits per heavy atom. The second-order valence-corrected chi connectivity index (χ2v) is 6.59. The van der Waals surface area contributed by atoms with E-state index in [2.05, 4.69) is 20.5 Å². The average molecular weight is 374 g/mol. The van der Waals surface area contributed by atoms with E-state index < -0.39 is 11.8 Å². The molecule has 1 amide bonds. The number of aromatic nitrogens is 3. The number of nitrogens with zero attached hydrogens (tertiary/aromatic N) is 2. The smallest absolute Gasteiger partial charge is 0.347 e. The summed E-state index contributed by atoms with van der Waals surface area (Å²) >= 11 is 1.10. The van der Waals surface area contributed by atoms with E-state index in [4.69, 9.17) is 5.11 Å². The Hall–Kier alpha value is -3.07. The van der Waals surface area contributed by atoms with Crippen molar-refractivity contribution in [3.05, 3.63) is 57.4 Å². The van der Waals surface area contributed by atoms with Crippen LogP contribution in [0.2, 0.25) is 0 Å². The van der Waals surface area contributed by atoms with Gasteiger partial charge in [0.05, 0.1) is 28.2 Å². The van der Waals surface area contributed by atoms with Crippen molar-refractivity contribution in [2.24, 2.45) is 0 Å². The quantitative estimate of drug-likeness (QED) is 0.615. The number of hydrogen-bond donors (Lipinski definition) is 3. The van der Waals surface area contributed by atoms with Crippen molar-refractivity contribution in [2.45, 2.75) is 13.3 Å². The second kappa shape index (κ2) is 7.44. The van der Waals surface area contributed by atoms with Crippen LogP contribution in [-0.4, -0.2) is 38.7 Å². The molecule has 3 rings (SSSR count). The highest BCUT2D eigenvalue weighted by Crippen LogP contribution is 2.22. The highest BCUT2D eigenvalue weighted by molar-refractivity contribution is 7.13. The molecule has 0 aliphatic carbocycles. The summed E-state index contributed by atoms with van der Waals surface area (Å²) in [6.45, 7) is 1.93. The van der Waals surface area contributed by atoms with E-state index in [1.807, 2.05) is 0 Å². The Balaban J connectivity index is 1.66. The molecule has 3 N–H and O–H groups in total. The summed E-state index contributed by atoms with van der Waals surface area (Å²) in [5, 5.41) is 19.0. The summed E-state index contributed by atoms with van der Waals surface area (Å²) in [4.78, 5) is 27.8. The van der Waals surface area contributed by atoms with Gasteiger partial charge in [-0.2, -0.15) is 5.10 Å². The molecule has 0 atom stereocenters. The maximum atomic E-state index is 13.4. The summed E-state index contributed by atoms with van der Waals surface area (Å²) in [5.74, 6) is -1.77. The maximum Gasteiger partial charge on any atom is 0.347 e. The number of carbonyl (C=O) groups excluding carboxylic acids is 1. The lowest BCUT2D eigenvalue weighted by atomic mass is 10.1. The zero-order valence-electron chi connectivity index (χ0n) is 13.7. The number of benzene rings is 1. The van der Waals surface area contributed by atoms with Gasteiger partial charge in [0.25, 0.3) is 5.91 Å². The molecule has 0 bridgehead atoms. The number of rotatable bonds is 6. The van der Waals surface area contributed by atoms with Crippen molar-refractivity contribution in [2.75, 3.05) is 6.54 Å². The average Bonchev–Trinajstić information content (AvgIpc) is 3.21. The number of hydrogen-bond acceptors (Lipinski definition) is 5. The molecule has 0 radical (unpaired) electrons. The Bertz CT molecular complexity index is 967. The number of amides is 1. The molecule has 0 fully saturated rings. The van der Waals surface area contributed by atoms with Crippen LogP contribution in [0.5, 0.6) is 0 Å². The van der Waals surface area contributed by atoms with Gasteiger partial charge in [0.1, 0.15) is 10.7 Å². The standard InChI is InChI=1S/C17H15FN4O3S/c1-9-15(17(24)25)26-13(21-9)5-6-19-16(23)12-8-20-22-14(12)10-3-2-4-11(18)7-10/h2-4,7-8H,5-6H2,1H3,(H,19,23)(H,20,22)(H,24,25). The fourth-order valence-electron chi connectivity index (χ4n) is 2.46. The van der Waals surface area contributed by atoms with Crippen molar-refractivity contribution < 1.29 is 19.1 Å². The minimum Gasteiger partial charge on any atom is -0.477 e. The highest BCUT2D eigenvalue weighted by Gasteiger charge is 2.17. The molecule has 26 heavy (non-hydrogen) atoms. The van der Waals surface area contributed by atoms with E-state index in [9.17, 15) is 14.0 Å². The summed E-state index contributed by atoms with van der Waals surface area (Å²) in [6.07, 6.45) is 1.79.